The summed E-state index contributed by atoms with van der Waals surface area (Å²) in [5.41, 5.74) is 6.64. The van der Waals surface area contributed by atoms with E-state index < -0.39 is 25.2 Å². The zero-order valence-corrected chi connectivity index (χ0v) is 14.7. The maximum absolute atomic E-state index is 12.1. The Morgan fingerprint density at radius 3 is 2.64 bits per heavy atom. The molecule has 1 aromatic heterocycles. The van der Waals surface area contributed by atoms with Gasteiger partial charge in [0.25, 0.3) is 0 Å². The predicted octanol–water partition coefficient (Wildman–Crippen LogP) is 3.54. The second-order valence-electron chi connectivity index (χ2n) is 7.41. The number of aromatic nitrogens is 2. The van der Waals surface area contributed by atoms with E-state index in [9.17, 15) is 18.0 Å². The first kappa shape index (κ1) is 19.4. The van der Waals surface area contributed by atoms with Gasteiger partial charge in [-0.1, -0.05) is 0 Å². The van der Waals surface area contributed by atoms with Gasteiger partial charge in [0.05, 0.1) is 17.7 Å². The number of nitrogens with two attached hydrogens (primary N) is 1. The van der Waals surface area contributed by atoms with Crippen LogP contribution >= 0.6 is 0 Å². The fraction of sp³-hybridized carbons (Fsp3) is 0.750. The third-order valence-corrected chi connectivity index (χ3v) is 4.15. The molecular formula is C16H25F3N4O2. The van der Waals surface area contributed by atoms with E-state index in [1.54, 1.807) is 4.68 Å². The van der Waals surface area contributed by atoms with Gasteiger partial charge in [0, 0.05) is 18.5 Å². The summed E-state index contributed by atoms with van der Waals surface area (Å²) in [6, 6.07) is 1.84. The molecule has 1 saturated carbocycles. The Morgan fingerprint density at radius 1 is 1.40 bits per heavy atom. The van der Waals surface area contributed by atoms with Gasteiger partial charge in [-0.25, -0.2) is 9.48 Å². The van der Waals surface area contributed by atoms with Crippen molar-refractivity contribution in [2.45, 2.75) is 70.2 Å². The van der Waals surface area contributed by atoms with Gasteiger partial charge in [-0.2, -0.15) is 18.3 Å². The summed E-state index contributed by atoms with van der Waals surface area (Å²) in [5.74, 6) is 0.704. The Morgan fingerprint density at radius 2 is 2.08 bits per heavy atom. The smallest absolute Gasteiger partial charge is 0.407 e. The first-order valence-electron chi connectivity index (χ1n) is 8.33. The topological polar surface area (TPSA) is 82.2 Å². The van der Waals surface area contributed by atoms with E-state index in [1.165, 1.54) is 0 Å². The summed E-state index contributed by atoms with van der Waals surface area (Å²) < 4.78 is 43.1. The fourth-order valence-electron chi connectivity index (χ4n) is 2.97. The maximum Gasteiger partial charge on any atom is 0.407 e. The monoisotopic (exact) mass is 362 g/mol. The molecular weight excluding hydrogens is 337 g/mol. The molecule has 1 aliphatic carbocycles. The molecule has 2 rings (SSSR count). The summed E-state index contributed by atoms with van der Waals surface area (Å²) >= 11 is 0. The minimum Gasteiger partial charge on any atom is -0.446 e. The number of amides is 1. The molecule has 1 heterocycles. The highest BCUT2D eigenvalue weighted by Gasteiger charge is 2.32. The lowest BCUT2D eigenvalue weighted by atomic mass is 10.0. The average Bonchev–Trinajstić information content (AvgIpc) is 3.03. The molecule has 2 atom stereocenters. The minimum absolute atomic E-state index is 0.124. The average molecular weight is 362 g/mol. The fourth-order valence-corrected chi connectivity index (χ4v) is 2.97. The Bertz CT molecular complexity index is 608. The van der Waals surface area contributed by atoms with E-state index in [2.05, 4.69) is 10.4 Å². The van der Waals surface area contributed by atoms with Gasteiger partial charge in [0.1, 0.15) is 11.9 Å². The molecule has 1 aliphatic rings. The quantitative estimate of drug-likeness (QED) is 0.858. The SMILES string of the molecule is CC(C)(C)n1nc([C@H]2CC[C@@H](OC(=O)NCCC(F)(F)F)C2)cc1N. The van der Waals surface area contributed by atoms with Crippen LogP contribution in [0.25, 0.3) is 0 Å². The standard InChI is InChI=1S/C16H25F3N4O2/c1-15(2,3)23-13(20)9-12(22-23)10-4-5-11(8-10)25-14(24)21-7-6-16(17,18)19/h9-11H,4-8,20H2,1-3H3,(H,21,24)/t10-,11+/m0/s1. The van der Waals surface area contributed by atoms with Gasteiger partial charge < -0.3 is 15.8 Å². The van der Waals surface area contributed by atoms with Crippen molar-refractivity contribution < 1.29 is 22.7 Å². The van der Waals surface area contributed by atoms with E-state index in [0.29, 0.717) is 18.7 Å². The van der Waals surface area contributed by atoms with Crippen molar-refractivity contribution in [2.75, 3.05) is 12.3 Å². The Hall–Kier alpha value is -1.93. The maximum atomic E-state index is 12.1. The van der Waals surface area contributed by atoms with Gasteiger partial charge in [0.2, 0.25) is 0 Å². The summed E-state index contributed by atoms with van der Waals surface area (Å²) in [4.78, 5) is 11.6. The molecule has 0 bridgehead atoms. The number of nitrogen functional groups attached to an aromatic ring is 1. The number of hydrogen-bond acceptors (Lipinski definition) is 4. The predicted molar refractivity (Wildman–Crippen MR) is 87.2 cm³/mol. The minimum atomic E-state index is -4.29. The number of nitrogens with one attached hydrogen (secondary N) is 1. The lowest BCUT2D eigenvalue weighted by Crippen LogP contribution is -2.31. The van der Waals surface area contributed by atoms with Gasteiger partial charge in [0.15, 0.2) is 0 Å². The van der Waals surface area contributed by atoms with Gasteiger partial charge in [-0.05, 0) is 40.0 Å². The third kappa shape index (κ3) is 5.54. The molecule has 1 amide bonds. The van der Waals surface area contributed by atoms with E-state index in [4.69, 9.17) is 10.5 Å². The van der Waals surface area contributed by atoms with E-state index in [1.807, 2.05) is 26.8 Å². The van der Waals surface area contributed by atoms with Crippen molar-refractivity contribution in [1.29, 1.82) is 0 Å². The summed E-state index contributed by atoms with van der Waals surface area (Å²) in [6.45, 7) is 5.54. The highest BCUT2D eigenvalue weighted by molar-refractivity contribution is 5.67. The molecule has 142 valence electrons. The molecule has 1 aromatic rings. The molecule has 9 heteroatoms. The zero-order chi connectivity index (χ0) is 18.8. The van der Waals surface area contributed by atoms with Crippen LogP contribution in [0.2, 0.25) is 0 Å². The van der Waals surface area contributed by atoms with Crippen molar-refractivity contribution in [2.24, 2.45) is 0 Å². The highest BCUT2D eigenvalue weighted by Crippen LogP contribution is 2.36. The number of carbonyl (C=O) groups is 1. The van der Waals surface area contributed by atoms with Crippen molar-refractivity contribution in [3.05, 3.63) is 11.8 Å². The van der Waals surface area contributed by atoms with Crippen LogP contribution in [-0.4, -0.2) is 34.7 Å². The molecule has 1 fully saturated rings. The Labute approximate surface area is 144 Å². The Kier molecular flexibility index (Phi) is 5.53. The number of alkyl halides is 3. The van der Waals surface area contributed by atoms with E-state index >= 15 is 0 Å². The molecule has 25 heavy (non-hydrogen) atoms. The van der Waals surface area contributed by atoms with Crippen molar-refractivity contribution in [3.8, 4) is 0 Å². The molecule has 0 radical (unpaired) electrons. The number of ether oxygens (including phenoxy) is 1. The molecule has 0 aliphatic heterocycles. The van der Waals surface area contributed by atoms with Gasteiger partial charge in [-0.3, -0.25) is 0 Å². The number of hydrogen-bond donors (Lipinski definition) is 2. The number of alkyl carbamates (subject to hydrolysis) is 1. The van der Waals surface area contributed by atoms with Crippen LogP contribution in [-0.2, 0) is 10.3 Å². The van der Waals surface area contributed by atoms with Crippen molar-refractivity contribution in [1.82, 2.24) is 15.1 Å². The molecule has 6 nitrogen and oxygen atoms in total. The molecule has 0 saturated heterocycles. The second-order valence-corrected chi connectivity index (χ2v) is 7.41. The lowest BCUT2D eigenvalue weighted by molar-refractivity contribution is -0.133. The van der Waals surface area contributed by atoms with Gasteiger partial charge >= 0.3 is 12.3 Å². The zero-order valence-electron chi connectivity index (χ0n) is 14.7. The van der Waals surface area contributed by atoms with Crippen LogP contribution in [0, 0.1) is 0 Å². The van der Waals surface area contributed by atoms with Crippen LogP contribution in [0.15, 0.2) is 6.07 Å². The van der Waals surface area contributed by atoms with Crippen LogP contribution < -0.4 is 11.1 Å². The summed E-state index contributed by atoms with van der Waals surface area (Å²) in [6.07, 6.45) is -4.46. The largest absolute Gasteiger partial charge is 0.446 e. The normalized spacial score (nSPS) is 21.4. The number of carbonyl (C=O) groups excluding carboxylic acids is 1. The van der Waals surface area contributed by atoms with Crippen LogP contribution in [0.5, 0.6) is 0 Å². The second kappa shape index (κ2) is 7.13. The first-order chi connectivity index (χ1) is 11.5. The van der Waals surface area contributed by atoms with Crippen LogP contribution in [0.1, 0.15) is 58.1 Å². The molecule has 0 unspecified atom stereocenters. The summed E-state index contributed by atoms with van der Waals surface area (Å²) in [7, 11) is 0. The van der Waals surface area contributed by atoms with Crippen molar-refractivity contribution >= 4 is 11.9 Å². The van der Waals surface area contributed by atoms with Gasteiger partial charge in [-0.15, -0.1) is 0 Å². The lowest BCUT2D eigenvalue weighted by Gasteiger charge is -2.20. The Balaban J connectivity index is 1.84. The molecule has 3 N–H and O–H groups in total. The number of anilines is 1. The van der Waals surface area contributed by atoms with Crippen LogP contribution in [0.3, 0.4) is 0 Å². The highest BCUT2D eigenvalue weighted by atomic mass is 19.4. The van der Waals surface area contributed by atoms with Crippen LogP contribution in [0.4, 0.5) is 23.8 Å². The third-order valence-electron chi connectivity index (χ3n) is 4.15. The number of halogens is 3. The van der Waals surface area contributed by atoms with Crippen molar-refractivity contribution in [3.63, 3.8) is 0 Å². The van der Waals surface area contributed by atoms with E-state index in [0.717, 1.165) is 12.1 Å². The summed E-state index contributed by atoms with van der Waals surface area (Å²) in [5, 5.41) is 6.70. The number of rotatable bonds is 4. The molecule has 0 spiro atoms. The van der Waals surface area contributed by atoms with E-state index in [-0.39, 0.29) is 17.6 Å². The first-order valence-corrected chi connectivity index (χ1v) is 8.33. The molecule has 0 aromatic carbocycles. The number of nitrogens with zero attached hydrogens (tertiary/aromatic N) is 2.